The molecule has 2 aromatic carbocycles. The van der Waals surface area contributed by atoms with Crippen LogP contribution >= 0.6 is 15.9 Å². The van der Waals surface area contributed by atoms with E-state index in [1.807, 2.05) is 7.05 Å². The van der Waals surface area contributed by atoms with Crippen LogP contribution < -0.4 is 5.32 Å². The molecule has 112 valence electrons. The summed E-state index contributed by atoms with van der Waals surface area (Å²) in [4.78, 5) is 0. The fourth-order valence-electron chi connectivity index (χ4n) is 2.84. The fraction of sp³-hybridized carbons (Fsp3) is 0.368. The first-order valence-corrected chi connectivity index (χ1v) is 8.32. The van der Waals surface area contributed by atoms with Gasteiger partial charge >= 0.3 is 0 Å². The summed E-state index contributed by atoms with van der Waals surface area (Å²) in [6.45, 7) is 6.70. The van der Waals surface area contributed by atoms with Crippen LogP contribution in [0.25, 0.3) is 0 Å². The van der Waals surface area contributed by atoms with Gasteiger partial charge in [-0.25, -0.2) is 0 Å². The lowest BCUT2D eigenvalue weighted by atomic mass is 9.92. The van der Waals surface area contributed by atoms with E-state index in [0.29, 0.717) is 5.92 Å². The Balaban J connectivity index is 2.37. The first-order valence-electron chi connectivity index (χ1n) is 7.53. The first kappa shape index (κ1) is 16.3. The molecule has 0 aliphatic rings. The van der Waals surface area contributed by atoms with E-state index in [9.17, 15) is 0 Å². The van der Waals surface area contributed by atoms with Gasteiger partial charge in [0.15, 0.2) is 0 Å². The minimum absolute atomic E-state index is 0.241. The predicted octanol–water partition coefficient (Wildman–Crippen LogP) is 5.26. The standard InChI is InChI=1S/C19H24BrN/c1-13(2)10-15-6-5-7-16(12-15)19(21-4)18-9-8-17(20)11-14(18)3/h5-9,11-13,19,21H,10H2,1-4H3. The second-order valence-corrected chi connectivity index (χ2v) is 6.98. The van der Waals surface area contributed by atoms with Crippen molar-refractivity contribution >= 4 is 15.9 Å². The maximum absolute atomic E-state index is 3.54. The van der Waals surface area contributed by atoms with Crippen LogP contribution in [0.2, 0.25) is 0 Å². The van der Waals surface area contributed by atoms with Crippen LogP contribution in [0.1, 0.15) is 42.1 Å². The van der Waals surface area contributed by atoms with E-state index >= 15 is 0 Å². The van der Waals surface area contributed by atoms with Crippen molar-refractivity contribution < 1.29 is 0 Å². The van der Waals surface area contributed by atoms with Crippen LogP contribution in [0.15, 0.2) is 46.9 Å². The molecule has 0 aliphatic carbocycles. The molecule has 0 heterocycles. The summed E-state index contributed by atoms with van der Waals surface area (Å²) in [5, 5.41) is 3.46. The number of hydrogen-bond donors (Lipinski definition) is 1. The van der Waals surface area contributed by atoms with E-state index in [1.165, 1.54) is 22.3 Å². The van der Waals surface area contributed by atoms with Crippen LogP contribution in [0, 0.1) is 12.8 Å². The van der Waals surface area contributed by atoms with E-state index in [0.717, 1.165) is 10.9 Å². The van der Waals surface area contributed by atoms with E-state index in [-0.39, 0.29) is 6.04 Å². The molecule has 1 unspecified atom stereocenters. The first-order chi connectivity index (χ1) is 10.0. The zero-order valence-electron chi connectivity index (χ0n) is 13.3. The summed E-state index contributed by atoms with van der Waals surface area (Å²) >= 11 is 3.54. The van der Waals surface area contributed by atoms with Crippen molar-refractivity contribution in [2.75, 3.05) is 7.05 Å². The largest absolute Gasteiger partial charge is 0.309 e. The Morgan fingerprint density at radius 1 is 1.10 bits per heavy atom. The third kappa shape index (κ3) is 4.18. The van der Waals surface area contributed by atoms with Gasteiger partial charge in [0.25, 0.3) is 0 Å². The Morgan fingerprint density at radius 2 is 1.86 bits per heavy atom. The molecule has 2 heteroatoms. The monoisotopic (exact) mass is 345 g/mol. The normalized spacial score (nSPS) is 12.7. The zero-order chi connectivity index (χ0) is 15.4. The lowest BCUT2D eigenvalue weighted by Gasteiger charge is -2.20. The van der Waals surface area contributed by atoms with Gasteiger partial charge in [-0.05, 0) is 60.7 Å². The summed E-state index contributed by atoms with van der Waals surface area (Å²) in [5.41, 5.74) is 5.39. The molecular weight excluding hydrogens is 322 g/mol. The van der Waals surface area contributed by atoms with Crippen LogP contribution in [0.4, 0.5) is 0 Å². The lowest BCUT2D eigenvalue weighted by molar-refractivity contribution is 0.642. The SMILES string of the molecule is CNC(c1cccc(CC(C)C)c1)c1ccc(Br)cc1C. The molecule has 1 nitrogen and oxygen atoms in total. The molecule has 21 heavy (non-hydrogen) atoms. The van der Waals surface area contributed by atoms with E-state index in [4.69, 9.17) is 0 Å². The summed E-state index contributed by atoms with van der Waals surface area (Å²) in [7, 11) is 2.03. The molecular formula is C19H24BrN. The quantitative estimate of drug-likeness (QED) is 0.778. The van der Waals surface area contributed by atoms with Crippen molar-refractivity contribution in [1.29, 1.82) is 0 Å². The molecule has 0 saturated carbocycles. The van der Waals surface area contributed by atoms with Gasteiger partial charge in [-0.1, -0.05) is 60.1 Å². The van der Waals surface area contributed by atoms with Crippen LogP contribution in [0.3, 0.4) is 0 Å². The van der Waals surface area contributed by atoms with E-state index in [1.54, 1.807) is 0 Å². The number of halogens is 1. The van der Waals surface area contributed by atoms with Crippen molar-refractivity contribution in [3.63, 3.8) is 0 Å². The average Bonchev–Trinajstić information content (AvgIpc) is 2.41. The molecule has 2 rings (SSSR count). The Morgan fingerprint density at radius 3 is 2.48 bits per heavy atom. The van der Waals surface area contributed by atoms with Gasteiger partial charge in [0.1, 0.15) is 0 Å². The fourth-order valence-corrected chi connectivity index (χ4v) is 3.31. The number of benzene rings is 2. The maximum Gasteiger partial charge on any atom is 0.0577 e. The second-order valence-electron chi connectivity index (χ2n) is 6.07. The van der Waals surface area contributed by atoms with Crippen molar-refractivity contribution in [3.8, 4) is 0 Å². The van der Waals surface area contributed by atoms with Crippen LogP contribution in [-0.4, -0.2) is 7.05 Å². The third-order valence-electron chi connectivity index (χ3n) is 3.76. The highest BCUT2D eigenvalue weighted by Crippen LogP contribution is 2.27. The van der Waals surface area contributed by atoms with Gasteiger partial charge in [-0.2, -0.15) is 0 Å². The van der Waals surface area contributed by atoms with Gasteiger partial charge in [0.2, 0.25) is 0 Å². The van der Waals surface area contributed by atoms with Gasteiger partial charge in [0, 0.05) is 4.47 Å². The highest BCUT2D eigenvalue weighted by atomic mass is 79.9. The van der Waals surface area contributed by atoms with Crippen molar-refractivity contribution in [1.82, 2.24) is 5.32 Å². The molecule has 0 bridgehead atoms. The summed E-state index contributed by atoms with van der Waals surface area (Å²) in [6, 6.07) is 15.7. The zero-order valence-corrected chi connectivity index (χ0v) is 14.9. The summed E-state index contributed by atoms with van der Waals surface area (Å²) in [5.74, 6) is 0.683. The Hall–Kier alpha value is -1.12. The minimum Gasteiger partial charge on any atom is -0.309 e. The molecule has 2 aromatic rings. The Labute approximate surface area is 136 Å². The molecule has 0 radical (unpaired) electrons. The summed E-state index contributed by atoms with van der Waals surface area (Å²) < 4.78 is 1.13. The van der Waals surface area contributed by atoms with Gasteiger partial charge in [-0.3, -0.25) is 0 Å². The van der Waals surface area contributed by atoms with Crippen LogP contribution in [0.5, 0.6) is 0 Å². The molecule has 0 spiro atoms. The Kier molecular flexibility index (Phi) is 5.60. The van der Waals surface area contributed by atoms with Gasteiger partial charge in [0.05, 0.1) is 6.04 Å². The van der Waals surface area contributed by atoms with Gasteiger partial charge < -0.3 is 5.32 Å². The molecule has 0 amide bonds. The molecule has 1 atom stereocenters. The van der Waals surface area contributed by atoms with Crippen molar-refractivity contribution in [2.45, 2.75) is 33.2 Å². The second kappa shape index (κ2) is 7.24. The highest BCUT2D eigenvalue weighted by Gasteiger charge is 2.14. The van der Waals surface area contributed by atoms with E-state index in [2.05, 4.69) is 84.5 Å². The predicted molar refractivity (Wildman–Crippen MR) is 94.8 cm³/mol. The number of aryl methyl sites for hydroxylation is 1. The van der Waals surface area contributed by atoms with E-state index < -0.39 is 0 Å². The van der Waals surface area contributed by atoms with Crippen molar-refractivity contribution in [3.05, 3.63) is 69.2 Å². The third-order valence-corrected chi connectivity index (χ3v) is 4.25. The summed E-state index contributed by atoms with van der Waals surface area (Å²) in [6.07, 6.45) is 1.13. The smallest absolute Gasteiger partial charge is 0.0577 e. The average molecular weight is 346 g/mol. The molecule has 0 saturated heterocycles. The lowest BCUT2D eigenvalue weighted by Crippen LogP contribution is -2.19. The van der Waals surface area contributed by atoms with Crippen LogP contribution in [-0.2, 0) is 6.42 Å². The number of hydrogen-bond acceptors (Lipinski definition) is 1. The highest BCUT2D eigenvalue weighted by molar-refractivity contribution is 9.10. The molecule has 0 aliphatic heterocycles. The van der Waals surface area contributed by atoms with Crippen molar-refractivity contribution in [2.24, 2.45) is 5.92 Å². The maximum atomic E-state index is 3.54. The minimum atomic E-state index is 0.241. The molecule has 0 fully saturated rings. The van der Waals surface area contributed by atoms with Gasteiger partial charge in [-0.15, -0.1) is 0 Å². The Bertz CT molecular complexity index is 604. The topological polar surface area (TPSA) is 12.0 Å². The number of rotatable bonds is 5. The molecule has 1 N–H and O–H groups in total. The number of nitrogens with one attached hydrogen (secondary N) is 1. The molecule has 0 aromatic heterocycles.